The Labute approximate surface area is 96.1 Å². The van der Waals surface area contributed by atoms with Crippen LogP contribution in [0.5, 0.6) is 0 Å². The monoisotopic (exact) mass is 228 g/mol. The second-order valence-corrected chi connectivity index (χ2v) is 4.34. The first-order valence-corrected chi connectivity index (χ1v) is 5.74. The van der Waals surface area contributed by atoms with Gasteiger partial charge in [0, 0.05) is 23.7 Å². The third-order valence-electron chi connectivity index (χ3n) is 2.27. The molecule has 16 heavy (non-hydrogen) atoms. The molecule has 0 aromatic carbocycles. The molecule has 0 unspecified atom stereocenters. The van der Waals surface area contributed by atoms with Gasteiger partial charge in [-0.05, 0) is 11.4 Å². The third-order valence-corrected chi connectivity index (χ3v) is 3.14. The minimum absolute atomic E-state index is 0.657. The van der Waals surface area contributed by atoms with Gasteiger partial charge in [-0.15, -0.1) is 11.3 Å². The number of fused-ring (bicyclic) bond motifs is 1. The molecule has 0 radical (unpaired) electrons. The molecule has 0 aliphatic carbocycles. The van der Waals surface area contributed by atoms with Crippen molar-refractivity contribution in [1.29, 1.82) is 0 Å². The molecule has 0 N–H and O–H groups in total. The zero-order chi connectivity index (χ0) is 10.8. The van der Waals surface area contributed by atoms with Crippen LogP contribution in [0.2, 0.25) is 0 Å². The quantitative estimate of drug-likeness (QED) is 0.673. The van der Waals surface area contributed by atoms with Gasteiger partial charge in [-0.1, -0.05) is 6.07 Å². The minimum atomic E-state index is 0.657. The summed E-state index contributed by atoms with van der Waals surface area (Å²) >= 11 is 1.72. The molecule has 5 heteroatoms. The highest BCUT2D eigenvalue weighted by Gasteiger charge is 2.06. The molecule has 3 rings (SSSR count). The molecular formula is C11H8N4S. The van der Waals surface area contributed by atoms with Gasteiger partial charge in [0.2, 0.25) is 0 Å². The summed E-state index contributed by atoms with van der Waals surface area (Å²) in [5.74, 6) is 0. The fourth-order valence-electron chi connectivity index (χ4n) is 1.55. The largest absolute Gasteiger partial charge is 0.249 e. The maximum absolute atomic E-state index is 4.28. The van der Waals surface area contributed by atoms with Crippen molar-refractivity contribution in [2.75, 3.05) is 0 Å². The molecule has 3 aromatic heterocycles. The predicted molar refractivity (Wildman–Crippen MR) is 62.3 cm³/mol. The Balaban J connectivity index is 2.10. The number of hydrogen-bond donors (Lipinski definition) is 0. The molecule has 0 atom stereocenters. The molecule has 0 bridgehead atoms. The van der Waals surface area contributed by atoms with Crippen molar-refractivity contribution < 1.29 is 0 Å². The summed E-state index contributed by atoms with van der Waals surface area (Å²) < 4.78 is 0. The molecular weight excluding hydrogens is 220 g/mol. The summed E-state index contributed by atoms with van der Waals surface area (Å²) in [6.45, 7) is 0. The van der Waals surface area contributed by atoms with E-state index in [0.717, 1.165) is 17.6 Å². The van der Waals surface area contributed by atoms with Gasteiger partial charge in [-0.3, -0.25) is 0 Å². The lowest BCUT2D eigenvalue weighted by Crippen LogP contribution is -1.97. The Morgan fingerprint density at radius 3 is 2.88 bits per heavy atom. The highest BCUT2D eigenvalue weighted by atomic mass is 32.1. The molecule has 0 amide bonds. The fourth-order valence-corrected chi connectivity index (χ4v) is 2.26. The second-order valence-electron chi connectivity index (χ2n) is 3.31. The zero-order valence-corrected chi connectivity index (χ0v) is 9.18. The predicted octanol–water partition coefficient (Wildman–Crippen LogP) is 2.07. The first-order valence-electron chi connectivity index (χ1n) is 4.86. The standard InChI is InChI=1S/C11H8N4S/c1-2-8(16-5-1)6-9-10-11(15-7-14-9)13-4-3-12-10/h1-5,7H,6H2. The summed E-state index contributed by atoms with van der Waals surface area (Å²) in [6.07, 6.45) is 5.64. The minimum Gasteiger partial charge on any atom is -0.249 e. The highest BCUT2D eigenvalue weighted by Crippen LogP contribution is 2.16. The van der Waals surface area contributed by atoms with Crippen molar-refractivity contribution in [3.63, 3.8) is 0 Å². The molecule has 4 nitrogen and oxygen atoms in total. The van der Waals surface area contributed by atoms with Crippen LogP contribution in [-0.4, -0.2) is 19.9 Å². The molecule has 78 valence electrons. The van der Waals surface area contributed by atoms with Crippen LogP contribution in [0, 0.1) is 0 Å². The van der Waals surface area contributed by atoms with Crippen molar-refractivity contribution in [1.82, 2.24) is 19.9 Å². The van der Waals surface area contributed by atoms with E-state index < -0.39 is 0 Å². The van der Waals surface area contributed by atoms with E-state index in [1.165, 1.54) is 4.88 Å². The third kappa shape index (κ3) is 1.65. The lowest BCUT2D eigenvalue weighted by atomic mass is 10.2. The van der Waals surface area contributed by atoms with Crippen LogP contribution in [-0.2, 0) is 6.42 Å². The van der Waals surface area contributed by atoms with Crippen LogP contribution >= 0.6 is 11.3 Å². The second kappa shape index (κ2) is 3.94. The average Bonchev–Trinajstić information content (AvgIpc) is 2.82. The Hall–Kier alpha value is -1.88. The SMILES string of the molecule is c1csc(Cc2ncnc3nccnc23)c1. The molecule has 0 aliphatic heterocycles. The summed E-state index contributed by atoms with van der Waals surface area (Å²) in [7, 11) is 0. The van der Waals surface area contributed by atoms with E-state index in [-0.39, 0.29) is 0 Å². The van der Waals surface area contributed by atoms with Gasteiger partial charge in [0.15, 0.2) is 5.65 Å². The Morgan fingerprint density at radius 2 is 2.00 bits per heavy atom. The van der Waals surface area contributed by atoms with E-state index in [1.807, 2.05) is 6.07 Å². The van der Waals surface area contributed by atoms with Crippen molar-refractivity contribution >= 4 is 22.5 Å². The summed E-state index contributed by atoms with van der Waals surface area (Å²) in [5, 5.41) is 2.06. The van der Waals surface area contributed by atoms with Crippen molar-refractivity contribution in [2.45, 2.75) is 6.42 Å². The van der Waals surface area contributed by atoms with E-state index in [1.54, 1.807) is 30.1 Å². The Bertz CT molecular complexity index is 601. The molecule has 0 fully saturated rings. The smallest absolute Gasteiger partial charge is 0.181 e. The lowest BCUT2D eigenvalue weighted by Gasteiger charge is -2.01. The Morgan fingerprint density at radius 1 is 1.06 bits per heavy atom. The average molecular weight is 228 g/mol. The Kier molecular flexibility index (Phi) is 2.30. The van der Waals surface area contributed by atoms with Gasteiger partial charge in [-0.25, -0.2) is 19.9 Å². The number of rotatable bonds is 2. The number of aromatic nitrogens is 4. The van der Waals surface area contributed by atoms with Crippen LogP contribution in [0.4, 0.5) is 0 Å². The van der Waals surface area contributed by atoms with Crippen LogP contribution < -0.4 is 0 Å². The highest BCUT2D eigenvalue weighted by molar-refractivity contribution is 7.09. The van der Waals surface area contributed by atoms with Gasteiger partial charge in [0.1, 0.15) is 11.8 Å². The van der Waals surface area contributed by atoms with Gasteiger partial charge in [-0.2, -0.15) is 0 Å². The topological polar surface area (TPSA) is 51.6 Å². The van der Waals surface area contributed by atoms with Gasteiger partial charge in [0.05, 0.1) is 5.69 Å². The maximum atomic E-state index is 4.28. The van der Waals surface area contributed by atoms with Crippen LogP contribution in [0.1, 0.15) is 10.6 Å². The summed E-state index contributed by atoms with van der Waals surface area (Å²) in [6, 6.07) is 4.13. The van der Waals surface area contributed by atoms with E-state index >= 15 is 0 Å². The molecule has 0 saturated carbocycles. The molecule has 0 saturated heterocycles. The van der Waals surface area contributed by atoms with Crippen molar-refractivity contribution in [2.24, 2.45) is 0 Å². The number of hydrogen-bond acceptors (Lipinski definition) is 5. The normalized spacial score (nSPS) is 10.8. The molecule has 0 aliphatic rings. The van der Waals surface area contributed by atoms with Gasteiger partial charge >= 0.3 is 0 Å². The molecule has 3 aromatic rings. The van der Waals surface area contributed by atoms with Crippen molar-refractivity contribution in [3.05, 3.63) is 46.8 Å². The summed E-state index contributed by atoms with van der Waals surface area (Å²) in [5.41, 5.74) is 2.38. The molecule has 0 spiro atoms. The van der Waals surface area contributed by atoms with Crippen molar-refractivity contribution in [3.8, 4) is 0 Å². The van der Waals surface area contributed by atoms with Gasteiger partial charge < -0.3 is 0 Å². The van der Waals surface area contributed by atoms with Crippen LogP contribution in [0.15, 0.2) is 36.2 Å². The molecule has 3 heterocycles. The first kappa shape index (κ1) is 9.35. The van der Waals surface area contributed by atoms with Crippen LogP contribution in [0.25, 0.3) is 11.2 Å². The van der Waals surface area contributed by atoms with Gasteiger partial charge in [0.25, 0.3) is 0 Å². The lowest BCUT2D eigenvalue weighted by molar-refractivity contribution is 1.05. The van der Waals surface area contributed by atoms with E-state index in [4.69, 9.17) is 0 Å². The maximum Gasteiger partial charge on any atom is 0.181 e. The number of nitrogens with zero attached hydrogens (tertiary/aromatic N) is 4. The zero-order valence-electron chi connectivity index (χ0n) is 8.37. The van der Waals surface area contributed by atoms with Crippen LogP contribution in [0.3, 0.4) is 0 Å². The number of thiophene rings is 1. The first-order chi connectivity index (χ1) is 7.93. The van der Waals surface area contributed by atoms with E-state index in [2.05, 4.69) is 31.4 Å². The fraction of sp³-hybridized carbons (Fsp3) is 0.0909. The van der Waals surface area contributed by atoms with E-state index in [9.17, 15) is 0 Å². The summed E-state index contributed by atoms with van der Waals surface area (Å²) in [4.78, 5) is 18.1. The van der Waals surface area contributed by atoms with E-state index in [0.29, 0.717) is 5.65 Å².